The topological polar surface area (TPSA) is 93.9 Å². The van der Waals surface area contributed by atoms with Gasteiger partial charge < -0.3 is 9.15 Å². The Morgan fingerprint density at radius 2 is 2.11 bits per heavy atom. The Morgan fingerprint density at radius 1 is 1.26 bits per heavy atom. The predicted molar refractivity (Wildman–Crippen MR) is 104 cm³/mol. The molecule has 0 atom stereocenters. The maximum Gasteiger partial charge on any atom is 0.347 e. The summed E-state index contributed by atoms with van der Waals surface area (Å²) in [7, 11) is 0. The highest BCUT2D eigenvalue weighted by atomic mass is 16.5. The maximum absolute atomic E-state index is 12.3. The van der Waals surface area contributed by atoms with E-state index in [1.165, 1.54) is 11.1 Å². The van der Waals surface area contributed by atoms with E-state index < -0.39 is 5.63 Å². The van der Waals surface area contributed by atoms with Crippen LogP contribution >= 0.6 is 0 Å². The molecule has 0 saturated carbocycles. The van der Waals surface area contributed by atoms with E-state index >= 15 is 0 Å². The normalized spacial score (nSPS) is 11.6. The molecule has 0 fully saturated rings. The fraction of sp³-hybridized carbons (Fsp3) is 0.300. The van der Waals surface area contributed by atoms with Gasteiger partial charge in [-0.25, -0.2) is 4.79 Å². The number of aromatic amines is 1. The maximum atomic E-state index is 12.3. The van der Waals surface area contributed by atoms with Crippen molar-refractivity contribution in [3.05, 3.63) is 58.0 Å². The minimum atomic E-state index is -0.534. The van der Waals surface area contributed by atoms with E-state index in [-0.39, 0.29) is 11.4 Å². The quantitative estimate of drug-likeness (QED) is 0.501. The number of H-pyrrole nitrogens is 1. The average molecular weight is 366 g/mol. The van der Waals surface area contributed by atoms with Crippen LogP contribution in [0, 0.1) is 0 Å². The van der Waals surface area contributed by atoms with Crippen LogP contribution < -0.4 is 10.4 Å². The number of tetrazole rings is 1. The van der Waals surface area contributed by atoms with Crippen LogP contribution in [-0.2, 0) is 0 Å². The number of para-hydroxylation sites is 1. The van der Waals surface area contributed by atoms with Gasteiger partial charge in [-0.3, -0.25) is 0 Å². The van der Waals surface area contributed by atoms with Crippen molar-refractivity contribution < 1.29 is 9.15 Å². The number of hydrogen-bond donors (Lipinski definition) is 1. The third kappa shape index (κ3) is 4.69. The van der Waals surface area contributed by atoms with Crippen LogP contribution in [0.4, 0.5) is 0 Å². The van der Waals surface area contributed by atoms with E-state index in [0.717, 1.165) is 18.2 Å². The Kier molecular flexibility index (Phi) is 5.80. The molecule has 0 radical (unpaired) electrons. The molecular formula is C20H22N4O3. The highest BCUT2D eigenvalue weighted by Gasteiger charge is 2.14. The summed E-state index contributed by atoms with van der Waals surface area (Å²) in [5.41, 5.74) is 2.71. The van der Waals surface area contributed by atoms with Gasteiger partial charge in [-0.15, -0.1) is 10.2 Å². The van der Waals surface area contributed by atoms with Crippen LogP contribution in [0.1, 0.15) is 33.6 Å². The lowest BCUT2D eigenvalue weighted by Gasteiger charge is -2.07. The molecule has 0 aliphatic carbocycles. The molecule has 0 aliphatic rings. The summed E-state index contributed by atoms with van der Waals surface area (Å²) in [5.74, 6) is 0.726. The third-order valence-corrected chi connectivity index (χ3v) is 4.07. The number of benzene rings is 1. The zero-order chi connectivity index (χ0) is 19.2. The second-order valence-electron chi connectivity index (χ2n) is 6.54. The smallest absolute Gasteiger partial charge is 0.347 e. The Balaban J connectivity index is 1.77. The Morgan fingerprint density at radius 3 is 2.85 bits per heavy atom. The van der Waals surface area contributed by atoms with Gasteiger partial charge in [-0.05, 0) is 57.0 Å². The van der Waals surface area contributed by atoms with Gasteiger partial charge >= 0.3 is 5.63 Å². The van der Waals surface area contributed by atoms with E-state index in [0.29, 0.717) is 17.9 Å². The Hall–Kier alpha value is -3.22. The average Bonchev–Trinajstić information content (AvgIpc) is 3.15. The molecule has 1 N–H and O–H groups in total. The van der Waals surface area contributed by atoms with Crippen LogP contribution in [0.5, 0.6) is 5.75 Å². The van der Waals surface area contributed by atoms with Gasteiger partial charge in [0.15, 0.2) is 11.3 Å². The second kappa shape index (κ2) is 8.44. The van der Waals surface area contributed by atoms with Crippen molar-refractivity contribution in [2.24, 2.45) is 0 Å². The number of fused-ring (bicyclic) bond motifs is 1. The molecule has 27 heavy (non-hydrogen) atoms. The molecule has 140 valence electrons. The minimum Gasteiger partial charge on any atom is -0.486 e. The summed E-state index contributed by atoms with van der Waals surface area (Å²) in [6, 6.07) is 7.16. The number of nitrogens with one attached hydrogen (secondary N) is 1. The number of nitrogens with zero attached hydrogens (tertiary/aromatic N) is 3. The first-order valence-electron chi connectivity index (χ1n) is 8.77. The first-order valence-corrected chi connectivity index (χ1v) is 8.77. The van der Waals surface area contributed by atoms with E-state index in [1.54, 1.807) is 12.1 Å². The fourth-order valence-electron chi connectivity index (χ4n) is 2.63. The SMILES string of the molecule is CC(C)=CCCC(C)=CCOc1cccc2cc(-c3nn[nH]n3)c(=O)oc12. The lowest BCUT2D eigenvalue weighted by Crippen LogP contribution is -2.05. The van der Waals surface area contributed by atoms with Crippen molar-refractivity contribution in [3.63, 3.8) is 0 Å². The van der Waals surface area contributed by atoms with Crippen molar-refractivity contribution in [1.82, 2.24) is 20.6 Å². The van der Waals surface area contributed by atoms with Crippen LogP contribution in [0.3, 0.4) is 0 Å². The van der Waals surface area contributed by atoms with Gasteiger partial charge in [0.05, 0.1) is 0 Å². The highest BCUT2D eigenvalue weighted by molar-refractivity contribution is 5.85. The van der Waals surface area contributed by atoms with Crippen LogP contribution in [-0.4, -0.2) is 27.2 Å². The van der Waals surface area contributed by atoms with Crippen molar-refractivity contribution in [2.45, 2.75) is 33.6 Å². The van der Waals surface area contributed by atoms with Gasteiger partial charge in [0.1, 0.15) is 12.2 Å². The number of aromatic nitrogens is 4. The van der Waals surface area contributed by atoms with Crippen molar-refractivity contribution in [3.8, 4) is 17.1 Å². The number of allylic oxidation sites excluding steroid dienone is 3. The molecule has 7 nitrogen and oxygen atoms in total. The minimum absolute atomic E-state index is 0.201. The van der Waals surface area contributed by atoms with Crippen molar-refractivity contribution in [1.29, 1.82) is 0 Å². The van der Waals surface area contributed by atoms with Crippen molar-refractivity contribution in [2.75, 3.05) is 6.61 Å². The standard InChI is InChI=1S/C20H22N4O3/c1-13(2)6-4-7-14(3)10-11-26-17-9-5-8-15-12-16(19-21-23-24-22-19)20(25)27-18(15)17/h5-6,8-10,12H,4,7,11H2,1-3H3,(H,21,22,23,24). The molecule has 0 unspecified atom stereocenters. The summed E-state index contributed by atoms with van der Waals surface area (Å²) >= 11 is 0. The number of hydrogen-bond acceptors (Lipinski definition) is 6. The van der Waals surface area contributed by atoms with Crippen LogP contribution in [0.2, 0.25) is 0 Å². The molecule has 0 bridgehead atoms. The Bertz CT molecular complexity index is 1030. The molecule has 0 spiro atoms. The van der Waals surface area contributed by atoms with E-state index in [1.807, 2.05) is 18.2 Å². The highest BCUT2D eigenvalue weighted by Crippen LogP contribution is 2.26. The van der Waals surface area contributed by atoms with Gasteiger partial charge in [0.25, 0.3) is 0 Å². The van der Waals surface area contributed by atoms with E-state index in [4.69, 9.17) is 9.15 Å². The summed E-state index contributed by atoms with van der Waals surface area (Å²) in [6.07, 6.45) is 6.28. The van der Waals surface area contributed by atoms with E-state index in [9.17, 15) is 4.79 Å². The van der Waals surface area contributed by atoms with Crippen molar-refractivity contribution >= 4 is 11.0 Å². The molecular weight excluding hydrogens is 344 g/mol. The molecule has 1 aromatic carbocycles. The van der Waals surface area contributed by atoms with Gasteiger partial charge in [0, 0.05) is 5.39 Å². The molecule has 2 aromatic heterocycles. The summed E-state index contributed by atoms with van der Waals surface area (Å²) in [6.45, 7) is 6.69. The molecule has 0 saturated heterocycles. The van der Waals surface area contributed by atoms with Gasteiger partial charge in [-0.1, -0.05) is 29.4 Å². The second-order valence-corrected chi connectivity index (χ2v) is 6.54. The number of rotatable bonds is 7. The molecule has 0 amide bonds. The lowest BCUT2D eigenvalue weighted by molar-refractivity contribution is 0.357. The molecule has 0 aliphatic heterocycles. The summed E-state index contributed by atoms with van der Waals surface area (Å²) < 4.78 is 11.3. The van der Waals surface area contributed by atoms with Crippen LogP contribution in [0.15, 0.2) is 56.8 Å². The lowest BCUT2D eigenvalue weighted by atomic mass is 10.1. The third-order valence-electron chi connectivity index (χ3n) is 4.07. The molecule has 3 aromatic rings. The monoisotopic (exact) mass is 366 g/mol. The fourth-order valence-corrected chi connectivity index (χ4v) is 2.63. The summed E-state index contributed by atoms with van der Waals surface area (Å²) in [4.78, 5) is 12.3. The van der Waals surface area contributed by atoms with Crippen LogP contribution in [0.25, 0.3) is 22.4 Å². The summed E-state index contributed by atoms with van der Waals surface area (Å²) in [5, 5.41) is 14.2. The molecule has 7 heteroatoms. The van der Waals surface area contributed by atoms with E-state index in [2.05, 4.69) is 47.5 Å². The largest absolute Gasteiger partial charge is 0.486 e. The Labute approximate surface area is 156 Å². The first kappa shape index (κ1) is 18.6. The zero-order valence-corrected chi connectivity index (χ0v) is 15.7. The molecule has 2 heterocycles. The molecule has 3 rings (SSSR count). The van der Waals surface area contributed by atoms with Gasteiger partial charge in [0.2, 0.25) is 5.82 Å². The predicted octanol–water partition coefficient (Wildman–Crippen LogP) is 4.04. The number of ether oxygens (including phenoxy) is 1. The first-order chi connectivity index (χ1) is 13.0. The zero-order valence-electron chi connectivity index (χ0n) is 15.7. The van der Waals surface area contributed by atoms with Gasteiger partial charge in [-0.2, -0.15) is 5.21 Å².